The zero-order chi connectivity index (χ0) is 36.7. The molecule has 0 bridgehead atoms. The van der Waals surface area contributed by atoms with E-state index in [1.54, 1.807) is 48.5 Å². The number of hydrogen-bond acceptors (Lipinski definition) is 10. The monoisotopic (exact) mass is 736 g/mol. The molecule has 6 aromatic rings. The second-order valence-electron chi connectivity index (χ2n) is 12.7. The Hall–Kier alpha value is -5.54. The Morgan fingerprint density at radius 3 is 1.21 bits per heavy atom. The first-order valence-corrected chi connectivity index (χ1v) is 19.2. The van der Waals surface area contributed by atoms with Crippen molar-refractivity contribution in [2.45, 2.75) is 47.3 Å². The van der Waals surface area contributed by atoms with Crippen LogP contribution in [0.25, 0.3) is 21.5 Å². The molecule has 264 valence electrons. The van der Waals surface area contributed by atoms with Crippen molar-refractivity contribution in [1.82, 2.24) is 0 Å². The Bertz CT molecular complexity index is 2440. The number of hydrogen-bond donors (Lipinski definition) is 4. The molecule has 0 saturated heterocycles. The quantitative estimate of drug-likeness (QED) is 0.0873. The minimum Gasteiger partial charge on any atom is -0.505 e. The second kappa shape index (κ2) is 13.5. The molecule has 6 aromatic carbocycles. The van der Waals surface area contributed by atoms with Crippen molar-refractivity contribution in [2.24, 2.45) is 20.5 Å². The van der Waals surface area contributed by atoms with E-state index in [2.05, 4.69) is 20.5 Å². The van der Waals surface area contributed by atoms with E-state index in [0.29, 0.717) is 11.4 Å². The molecule has 1 aliphatic rings. The largest absolute Gasteiger partial charge is 0.505 e. The van der Waals surface area contributed by atoms with Gasteiger partial charge in [0.2, 0.25) is 0 Å². The van der Waals surface area contributed by atoms with Crippen LogP contribution in [0.1, 0.15) is 43.2 Å². The third kappa shape index (κ3) is 6.64. The molecule has 1 aliphatic carbocycles. The minimum absolute atomic E-state index is 0.105. The van der Waals surface area contributed by atoms with E-state index < -0.39 is 20.2 Å². The van der Waals surface area contributed by atoms with Crippen molar-refractivity contribution in [3.05, 3.63) is 120 Å². The van der Waals surface area contributed by atoms with Gasteiger partial charge in [-0.05, 0) is 60.4 Å². The van der Waals surface area contributed by atoms with Gasteiger partial charge in [-0.15, -0.1) is 10.2 Å². The second-order valence-corrected chi connectivity index (χ2v) is 15.4. The molecule has 14 heteroatoms. The molecular weight excluding hydrogens is 705 g/mol. The average molecular weight is 737 g/mol. The summed E-state index contributed by atoms with van der Waals surface area (Å²) in [6.45, 7) is 0. The van der Waals surface area contributed by atoms with Crippen LogP contribution in [-0.2, 0) is 25.7 Å². The van der Waals surface area contributed by atoms with Gasteiger partial charge in [-0.2, -0.15) is 27.1 Å². The van der Waals surface area contributed by atoms with Crippen molar-refractivity contribution in [2.75, 3.05) is 0 Å². The van der Waals surface area contributed by atoms with Crippen molar-refractivity contribution >= 4 is 64.5 Å². The number of rotatable bonds is 8. The van der Waals surface area contributed by atoms with Gasteiger partial charge in [0, 0.05) is 27.0 Å². The summed E-state index contributed by atoms with van der Waals surface area (Å²) in [6, 6.07) is 29.8. The zero-order valence-corrected chi connectivity index (χ0v) is 29.1. The SMILES string of the molecule is O=S(=O)(O)c1cc(N=Nc2ccc(C3(c4ccc(N=Nc5cc(S(=O)(=O)O)c6ccccc6c5O)cc4)CCCCC3)cc2)c(O)c2ccccc12. The van der Waals surface area contributed by atoms with E-state index in [9.17, 15) is 36.2 Å². The van der Waals surface area contributed by atoms with Crippen LogP contribution in [0.4, 0.5) is 22.7 Å². The standard InChI is InChI=1S/C38H32N4O8S2/c43-36-30-10-4-2-8-28(30)34(51(45,46)47)22-32(36)41-39-26-16-12-24(13-17-26)38(20-6-1-7-21-38)25-14-18-27(19-15-25)40-42-33-23-35(52(48,49)50)29-9-3-5-11-31(29)37(33)44/h2-5,8-19,22-23,43-44H,1,6-7,20-21H2,(H,45,46,47)(H,48,49,50). The van der Waals surface area contributed by atoms with Crippen LogP contribution in [0.2, 0.25) is 0 Å². The topological polar surface area (TPSA) is 199 Å². The number of benzene rings is 6. The Morgan fingerprint density at radius 2 is 0.846 bits per heavy atom. The first kappa shape index (κ1) is 34.9. The van der Waals surface area contributed by atoms with Crippen molar-refractivity contribution in [3.8, 4) is 11.5 Å². The molecule has 0 heterocycles. The maximum absolute atomic E-state index is 12.1. The minimum atomic E-state index is -4.60. The summed E-state index contributed by atoms with van der Waals surface area (Å²) in [5.74, 6) is -0.520. The Kier molecular flexibility index (Phi) is 9.09. The van der Waals surface area contributed by atoms with Crippen LogP contribution >= 0.6 is 0 Å². The summed E-state index contributed by atoms with van der Waals surface area (Å²) < 4.78 is 67.9. The summed E-state index contributed by atoms with van der Waals surface area (Å²) in [5, 5.41) is 39.1. The zero-order valence-electron chi connectivity index (χ0n) is 27.5. The van der Waals surface area contributed by atoms with Crippen LogP contribution in [0.15, 0.2) is 139 Å². The van der Waals surface area contributed by atoms with Gasteiger partial charge < -0.3 is 10.2 Å². The lowest BCUT2D eigenvalue weighted by atomic mass is 9.65. The molecule has 1 fully saturated rings. The van der Waals surface area contributed by atoms with Gasteiger partial charge in [0.1, 0.15) is 21.2 Å². The van der Waals surface area contributed by atoms with Gasteiger partial charge in [0.05, 0.1) is 11.4 Å². The molecule has 0 atom stereocenters. The van der Waals surface area contributed by atoms with Crippen molar-refractivity contribution in [1.29, 1.82) is 0 Å². The molecule has 0 aromatic heterocycles. The fourth-order valence-electron chi connectivity index (χ4n) is 7.02. The first-order valence-electron chi connectivity index (χ1n) is 16.3. The van der Waals surface area contributed by atoms with E-state index in [4.69, 9.17) is 0 Å². The highest BCUT2D eigenvalue weighted by molar-refractivity contribution is 7.86. The molecule has 52 heavy (non-hydrogen) atoms. The number of aromatic hydroxyl groups is 2. The fraction of sp³-hybridized carbons (Fsp3) is 0.158. The number of fused-ring (bicyclic) bond motifs is 2. The van der Waals surface area contributed by atoms with Crippen LogP contribution in [0.3, 0.4) is 0 Å². The average Bonchev–Trinajstić information content (AvgIpc) is 3.14. The van der Waals surface area contributed by atoms with Crippen LogP contribution in [0.5, 0.6) is 11.5 Å². The van der Waals surface area contributed by atoms with Gasteiger partial charge in [-0.3, -0.25) is 9.11 Å². The number of phenolic OH excluding ortho intramolecular Hbond substituents is 2. The Balaban J connectivity index is 1.17. The molecule has 7 rings (SSSR count). The predicted octanol–water partition coefficient (Wildman–Crippen LogP) is 9.98. The van der Waals surface area contributed by atoms with E-state index in [1.165, 1.54) is 24.3 Å². The van der Waals surface area contributed by atoms with Gasteiger partial charge >= 0.3 is 0 Å². The predicted molar refractivity (Wildman–Crippen MR) is 196 cm³/mol. The fourth-order valence-corrected chi connectivity index (χ4v) is 8.45. The van der Waals surface area contributed by atoms with Gasteiger partial charge in [0.15, 0.2) is 11.5 Å². The Morgan fingerprint density at radius 1 is 0.481 bits per heavy atom. The molecule has 12 nitrogen and oxygen atoms in total. The van der Waals surface area contributed by atoms with E-state index >= 15 is 0 Å². The van der Waals surface area contributed by atoms with Crippen LogP contribution < -0.4 is 0 Å². The smallest absolute Gasteiger partial charge is 0.295 e. The van der Waals surface area contributed by atoms with Gasteiger partial charge in [-0.25, -0.2) is 0 Å². The number of nitrogens with zero attached hydrogens (tertiary/aromatic N) is 4. The number of azo groups is 2. The lowest BCUT2D eigenvalue weighted by Crippen LogP contribution is -2.30. The normalized spacial score (nSPS) is 15.2. The lowest BCUT2D eigenvalue weighted by Gasteiger charge is -2.38. The molecule has 4 N–H and O–H groups in total. The van der Waals surface area contributed by atoms with E-state index in [-0.39, 0.29) is 59.6 Å². The molecule has 0 spiro atoms. The molecule has 1 saturated carbocycles. The molecule has 0 radical (unpaired) electrons. The summed E-state index contributed by atoms with van der Waals surface area (Å²) in [7, 11) is -9.20. The van der Waals surface area contributed by atoms with Crippen molar-refractivity contribution < 1.29 is 36.2 Å². The molecule has 0 unspecified atom stereocenters. The van der Waals surface area contributed by atoms with Crippen molar-refractivity contribution in [3.63, 3.8) is 0 Å². The lowest BCUT2D eigenvalue weighted by molar-refractivity contribution is 0.346. The third-order valence-corrected chi connectivity index (χ3v) is 11.4. The van der Waals surface area contributed by atoms with E-state index in [0.717, 1.165) is 55.4 Å². The highest BCUT2D eigenvalue weighted by Crippen LogP contribution is 2.46. The Labute approximate surface area is 299 Å². The highest BCUT2D eigenvalue weighted by atomic mass is 32.2. The maximum atomic E-state index is 12.1. The first-order chi connectivity index (χ1) is 24.8. The maximum Gasteiger partial charge on any atom is 0.295 e. The van der Waals surface area contributed by atoms with Crippen LogP contribution in [0, 0.1) is 0 Å². The van der Waals surface area contributed by atoms with Gasteiger partial charge in [-0.1, -0.05) is 92.1 Å². The summed E-state index contributed by atoms with van der Waals surface area (Å²) >= 11 is 0. The van der Waals surface area contributed by atoms with E-state index in [1.807, 2.05) is 24.3 Å². The molecular formula is C38H32N4O8S2. The molecule has 0 amide bonds. The summed E-state index contributed by atoms with van der Waals surface area (Å²) in [5.41, 5.74) is 2.58. The third-order valence-electron chi connectivity index (χ3n) is 9.57. The summed E-state index contributed by atoms with van der Waals surface area (Å²) in [4.78, 5) is -0.759. The van der Waals surface area contributed by atoms with Gasteiger partial charge in [0.25, 0.3) is 20.2 Å². The molecule has 0 aliphatic heterocycles. The highest BCUT2D eigenvalue weighted by Gasteiger charge is 2.35. The van der Waals surface area contributed by atoms with Crippen LogP contribution in [-0.4, -0.2) is 36.2 Å². The summed E-state index contributed by atoms with van der Waals surface area (Å²) in [6.07, 6.45) is 4.97. The number of phenols is 2.